The van der Waals surface area contributed by atoms with Crippen molar-refractivity contribution in [3.63, 3.8) is 0 Å². The third kappa shape index (κ3) is 2.52. The Hall–Kier alpha value is -1.30. The molecule has 2 N–H and O–H groups in total. The van der Waals surface area contributed by atoms with Crippen molar-refractivity contribution in [2.75, 3.05) is 18.0 Å². The number of nitrogens with two attached hydrogens (primary N) is 1. The first-order chi connectivity index (χ1) is 7.88. The summed E-state index contributed by atoms with van der Waals surface area (Å²) in [6.07, 6.45) is -3.67. The highest BCUT2D eigenvalue weighted by Gasteiger charge is 2.37. The molecule has 0 spiro atoms. The van der Waals surface area contributed by atoms with Crippen LogP contribution in [0.15, 0.2) is 12.1 Å². The Bertz CT molecular complexity index is 417. The van der Waals surface area contributed by atoms with Crippen LogP contribution in [0.5, 0.6) is 0 Å². The van der Waals surface area contributed by atoms with Gasteiger partial charge in [-0.3, -0.25) is 0 Å². The molecule has 17 heavy (non-hydrogen) atoms. The van der Waals surface area contributed by atoms with Gasteiger partial charge >= 0.3 is 6.18 Å². The molecule has 1 aromatic rings. The lowest BCUT2D eigenvalue weighted by Gasteiger charge is -2.21. The molecule has 0 amide bonds. The molecule has 0 radical (unpaired) electrons. The molecule has 0 bridgehead atoms. The van der Waals surface area contributed by atoms with Crippen LogP contribution in [0.3, 0.4) is 0 Å². The zero-order valence-corrected chi connectivity index (χ0v) is 9.46. The molecule has 1 aliphatic heterocycles. The average Bonchev–Trinajstić information content (AvgIpc) is 2.62. The fourth-order valence-corrected chi connectivity index (χ4v) is 1.99. The minimum atomic E-state index is -4.37. The van der Waals surface area contributed by atoms with E-state index in [1.54, 1.807) is 11.8 Å². The van der Waals surface area contributed by atoms with Crippen molar-refractivity contribution in [3.05, 3.63) is 23.4 Å². The van der Waals surface area contributed by atoms with Crippen LogP contribution in [-0.4, -0.2) is 24.1 Å². The van der Waals surface area contributed by atoms with E-state index in [0.717, 1.165) is 6.07 Å². The Labute approximate surface area is 97.4 Å². The van der Waals surface area contributed by atoms with Crippen LogP contribution in [0.2, 0.25) is 0 Å². The number of anilines is 1. The number of hydrogen-bond donors (Lipinski definition) is 1. The van der Waals surface area contributed by atoms with Crippen molar-refractivity contribution in [3.8, 4) is 0 Å². The highest BCUT2D eigenvalue weighted by molar-refractivity contribution is 5.50. The van der Waals surface area contributed by atoms with Gasteiger partial charge in [0.05, 0.1) is 5.56 Å². The summed E-state index contributed by atoms with van der Waals surface area (Å²) >= 11 is 0. The predicted octanol–water partition coefficient (Wildman–Crippen LogP) is 1.95. The van der Waals surface area contributed by atoms with Crippen LogP contribution in [0, 0.1) is 6.92 Å². The molecule has 1 aliphatic rings. The van der Waals surface area contributed by atoms with E-state index < -0.39 is 11.7 Å². The first-order valence-electron chi connectivity index (χ1n) is 5.43. The molecule has 1 atom stereocenters. The van der Waals surface area contributed by atoms with Gasteiger partial charge in [0.25, 0.3) is 0 Å². The van der Waals surface area contributed by atoms with Crippen LogP contribution in [0.25, 0.3) is 0 Å². The van der Waals surface area contributed by atoms with Gasteiger partial charge in [-0.2, -0.15) is 13.2 Å². The van der Waals surface area contributed by atoms with E-state index in [9.17, 15) is 13.2 Å². The molecular weight excluding hydrogens is 231 g/mol. The zero-order chi connectivity index (χ0) is 12.6. The van der Waals surface area contributed by atoms with E-state index in [0.29, 0.717) is 25.2 Å². The van der Waals surface area contributed by atoms with E-state index in [1.807, 2.05) is 0 Å². The van der Waals surface area contributed by atoms with Crippen molar-refractivity contribution >= 4 is 5.82 Å². The lowest BCUT2D eigenvalue weighted by Crippen LogP contribution is -2.29. The predicted molar refractivity (Wildman–Crippen MR) is 58.8 cm³/mol. The maximum atomic E-state index is 12.8. The summed E-state index contributed by atoms with van der Waals surface area (Å²) in [5.74, 6) is 0.00505. The molecule has 2 heterocycles. The Morgan fingerprint density at radius 3 is 2.65 bits per heavy atom. The second kappa shape index (κ2) is 4.18. The number of aryl methyl sites for hydroxylation is 1. The minimum Gasteiger partial charge on any atom is -0.354 e. The van der Waals surface area contributed by atoms with Gasteiger partial charge < -0.3 is 10.6 Å². The number of hydrogen-bond acceptors (Lipinski definition) is 3. The monoisotopic (exact) mass is 245 g/mol. The molecular formula is C11H14F3N3. The molecule has 1 saturated heterocycles. The number of pyridine rings is 1. The second-order valence-corrected chi connectivity index (χ2v) is 4.32. The van der Waals surface area contributed by atoms with Gasteiger partial charge in [-0.05, 0) is 25.5 Å². The standard InChI is InChI=1S/C11H14F3N3/c1-7-2-3-9(11(12,13)14)10(16-7)17-5-4-8(15)6-17/h2-3,8H,4-6,15H2,1H3. The first kappa shape index (κ1) is 12.2. The van der Waals surface area contributed by atoms with Gasteiger partial charge in [0.1, 0.15) is 5.82 Å². The normalized spacial score (nSPS) is 21.0. The van der Waals surface area contributed by atoms with Gasteiger partial charge in [0.15, 0.2) is 0 Å². The Kier molecular flexibility index (Phi) is 2.99. The van der Waals surface area contributed by atoms with E-state index in [-0.39, 0.29) is 11.9 Å². The quantitative estimate of drug-likeness (QED) is 0.822. The average molecular weight is 245 g/mol. The highest BCUT2D eigenvalue weighted by Crippen LogP contribution is 2.36. The Morgan fingerprint density at radius 2 is 2.12 bits per heavy atom. The Balaban J connectivity index is 2.40. The zero-order valence-electron chi connectivity index (χ0n) is 9.46. The lowest BCUT2D eigenvalue weighted by atomic mass is 10.2. The van der Waals surface area contributed by atoms with Gasteiger partial charge in [-0.25, -0.2) is 4.98 Å². The molecule has 0 aliphatic carbocycles. The van der Waals surface area contributed by atoms with Crippen molar-refractivity contribution in [1.82, 2.24) is 4.98 Å². The molecule has 2 rings (SSSR count). The third-order valence-corrected chi connectivity index (χ3v) is 2.84. The molecule has 1 aromatic heterocycles. The summed E-state index contributed by atoms with van der Waals surface area (Å²) in [5, 5.41) is 0. The summed E-state index contributed by atoms with van der Waals surface area (Å²) in [7, 11) is 0. The number of rotatable bonds is 1. The fourth-order valence-electron chi connectivity index (χ4n) is 1.99. The van der Waals surface area contributed by atoms with Crippen molar-refractivity contribution in [2.45, 2.75) is 25.6 Å². The summed E-state index contributed by atoms with van der Waals surface area (Å²) in [5.41, 5.74) is 5.60. The van der Waals surface area contributed by atoms with E-state index in [1.165, 1.54) is 6.07 Å². The third-order valence-electron chi connectivity index (χ3n) is 2.84. The van der Waals surface area contributed by atoms with Gasteiger partial charge in [0.2, 0.25) is 0 Å². The molecule has 3 nitrogen and oxygen atoms in total. The maximum Gasteiger partial charge on any atom is 0.419 e. The molecule has 1 fully saturated rings. The SMILES string of the molecule is Cc1ccc(C(F)(F)F)c(N2CCC(N)C2)n1. The second-order valence-electron chi connectivity index (χ2n) is 4.32. The topological polar surface area (TPSA) is 42.1 Å². The Morgan fingerprint density at radius 1 is 1.41 bits per heavy atom. The van der Waals surface area contributed by atoms with Gasteiger partial charge in [-0.15, -0.1) is 0 Å². The maximum absolute atomic E-state index is 12.8. The lowest BCUT2D eigenvalue weighted by molar-refractivity contribution is -0.137. The van der Waals surface area contributed by atoms with Crippen molar-refractivity contribution in [1.29, 1.82) is 0 Å². The van der Waals surface area contributed by atoms with Gasteiger partial charge in [0, 0.05) is 24.8 Å². The van der Waals surface area contributed by atoms with Crippen LogP contribution < -0.4 is 10.6 Å². The molecule has 1 unspecified atom stereocenters. The number of nitrogens with zero attached hydrogens (tertiary/aromatic N) is 2. The van der Waals surface area contributed by atoms with E-state index >= 15 is 0 Å². The number of halogens is 3. The molecule has 6 heteroatoms. The van der Waals surface area contributed by atoms with Crippen molar-refractivity contribution in [2.24, 2.45) is 5.73 Å². The van der Waals surface area contributed by atoms with Crippen LogP contribution in [0.1, 0.15) is 17.7 Å². The summed E-state index contributed by atoms with van der Waals surface area (Å²) in [6, 6.07) is 2.39. The number of aromatic nitrogens is 1. The molecule has 0 saturated carbocycles. The number of alkyl halides is 3. The van der Waals surface area contributed by atoms with Crippen molar-refractivity contribution < 1.29 is 13.2 Å². The van der Waals surface area contributed by atoms with Crippen LogP contribution in [-0.2, 0) is 6.18 Å². The minimum absolute atomic E-state index is 0.00505. The smallest absolute Gasteiger partial charge is 0.354 e. The summed E-state index contributed by atoms with van der Waals surface area (Å²) in [6.45, 7) is 2.64. The fraction of sp³-hybridized carbons (Fsp3) is 0.545. The summed E-state index contributed by atoms with van der Waals surface area (Å²) in [4.78, 5) is 5.62. The highest BCUT2D eigenvalue weighted by atomic mass is 19.4. The van der Waals surface area contributed by atoms with E-state index in [2.05, 4.69) is 4.98 Å². The molecule has 0 aromatic carbocycles. The van der Waals surface area contributed by atoms with Gasteiger partial charge in [-0.1, -0.05) is 0 Å². The molecule has 94 valence electrons. The van der Waals surface area contributed by atoms with Crippen LogP contribution in [0.4, 0.5) is 19.0 Å². The van der Waals surface area contributed by atoms with Crippen LogP contribution >= 0.6 is 0 Å². The summed E-state index contributed by atoms with van der Waals surface area (Å²) < 4.78 is 38.5. The first-order valence-corrected chi connectivity index (χ1v) is 5.43. The van der Waals surface area contributed by atoms with E-state index in [4.69, 9.17) is 5.73 Å². The largest absolute Gasteiger partial charge is 0.419 e.